The third kappa shape index (κ3) is 3.94. The van der Waals surface area contributed by atoms with Crippen LogP contribution in [-0.2, 0) is 9.47 Å². The van der Waals surface area contributed by atoms with E-state index in [1.54, 1.807) is 0 Å². The van der Waals surface area contributed by atoms with Gasteiger partial charge in [-0.3, -0.25) is 0 Å². The molecule has 0 aliphatic carbocycles. The van der Waals surface area contributed by atoms with Gasteiger partial charge in [-0.15, -0.1) is 0 Å². The van der Waals surface area contributed by atoms with E-state index >= 15 is 0 Å². The molecule has 18 heavy (non-hydrogen) atoms. The highest BCUT2D eigenvalue weighted by Crippen LogP contribution is 2.26. The van der Waals surface area contributed by atoms with E-state index in [9.17, 15) is 0 Å². The van der Waals surface area contributed by atoms with Crippen molar-refractivity contribution in [3.05, 3.63) is 0 Å². The van der Waals surface area contributed by atoms with Crippen LogP contribution in [0.25, 0.3) is 0 Å². The molecule has 0 aromatic heterocycles. The monoisotopic (exact) mass is 255 g/mol. The van der Waals surface area contributed by atoms with Gasteiger partial charge in [0.2, 0.25) is 0 Å². The summed E-state index contributed by atoms with van der Waals surface area (Å²) in [5.41, 5.74) is 0. The van der Waals surface area contributed by atoms with Crippen LogP contribution >= 0.6 is 0 Å². The Bertz CT molecular complexity index is 229. The molecule has 2 saturated heterocycles. The Balaban J connectivity index is 1.72. The Morgan fingerprint density at radius 1 is 1.22 bits per heavy atom. The van der Waals surface area contributed by atoms with Crippen molar-refractivity contribution in [3.8, 4) is 0 Å². The van der Waals surface area contributed by atoms with Crippen LogP contribution < -0.4 is 0 Å². The van der Waals surface area contributed by atoms with Crippen LogP contribution in [0.5, 0.6) is 0 Å². The SMILES string of the molecule is CCCC[C@H](CC)[C@@H]1OC[C@H](CN2CCCC2)O1. The maximum Gasteiger partial charge on any atom is 0.161 e. The molecule has 2 aliphatic heterocycles. The van der Waals surface area contributed by atoms with E-state index in [1.807, 2.05) is 0 Å². The number of nitrogens with zero attached hydrogens (tertiary/aromatic N) is 1. The molecule has 0 N–H and O–H groups in total. The maximum absolute atomic E-state index is 6.11. The van der Waals surface area contributed by atoms with Crippen molar-refractivity contribution < 1.29 is 9.47 Å². The van der Waals surface area contributed by atoms with Crippen LogP contribution in [0.3, 0.4) is 0 Å². The van der Waals surface area contributed by atoms with Crippen LogP contribution in [-0.4, -0.2) is 43.5 Å². The number of hydrogen-bond donors (Lipinski definition) is 0. The van der Waals surface area contributed by atoms with Crippen molar-refractivity contribution in [2.24, 2.45) is 5.92 Å². The third-order valence-corrected chi connectivity index (χ3v) is 4.27. The van der Waals surface area contributed by atoms with E-state index in [0.29, 0.717) is 12.0 Å². The summed E-state index contributed by atoms with van der Waals surface area (Å²) in [5.74, 6) is 0.591. The van der Waals surface area contributed by atoms with Crippen molar-refractivity contribution in [1.29, 1.82) is 0 Å². The van der Waals surface area contributed by atoms with Gasteiger partial charge < -0.3 is 14.4 Å². The summed E-state index contributed by atoms with van der Waals surface area (Å²) in [7, 11) is 0. The highest BCUT2D eigenvalue weighted by molar-refractivity contribution is 4.76. The van der Waals surface area contributed by atoms with Crippen LogP contribution in [0.4, 0.5) is 0 Å². The normalized spacial score (nSPS) is 31.0. The van der Waals surface area contributed by atoms with E-state index in [-0.39, 0.29) is 6.29 Å². The molecule has 3 heteroatoms. The van der Waals surface area contributed by atoms with E-state index in [4.69, 9.17) is 9.47 Å². The average molecular weight is 255 g/mol. The molecule has 0 spiro atoms. The minimum Gasteiger partial charge on any atom is -0.350 e. The Labute approximate surface area is 112 Å². The smallest absolute Gasteiger partial charge is 0.161 e. The molecule has 3 nitrogen and oxygen atoms in total. The molecule has 0 saturated carbocycles. The minimum absolute atomic E-state index is 0.0640. The zero-order valence-electron chi connectivity index (χ0n) is 12.1. The van der Waals surface area contributed by atoms with Gasteiger partial charge in [0.1, 0.15) is 0 Å². The molecule has 2 fully saturated rings. The minimum atomic E-state index is 0.0640. The molecular weight excluding hydrogens is 226 g/mol. The summed E-state index contributed by atoms with van der Waals surface area (Å²) < 4.78 is 12.0. The first kappa shape index (κ1) is 14.3. The first-order valence-electron chi connectivity index (χ1n) is 7.83. The summed E-state index contributed by atoms with van der Waals surface area (Å²) in [5, 5.41) is 0. The van der Waals surface area contributed by atoms with Gasteiger partial charge in [-0.2, -0.15) is 0 Å². The van der Waals surface area contributed by atoms with Gasteiger partial charge in [0.15, 0.2) is 6.29 Å². The maximum atomic E-state index is 6.11. The van der Waals surface area contributed by atoms with Crippen LogP contribution in [0, 0.1) is 5.92 Å². The lowest BCUT2D eigenvalue weighted by molar-refractivity contribution is -0.102. The van der Waals surface area contributed by atoms with Crippen LogP contribution in [0.15, 0.2) is 0 Å². The van der Waals surface area contributed by atoms with E-state index in [0.717, 1.165) is 13.2 Å². The van der Waals surface area contributed by atoms with E-state index in [1.165, 1.54) is 51.6 Å². The highest BCUT2D eigenvalue weighted by atomic mass is 16.7. The van der Waals surface area contributed by atoms with Gasteiger partial charge in [-0.05, 0) is 38.8 Å². The molecule has 106 valence electrons. The fraction of sp³-hybridized carbons (Fsp3) is 1.00. The average Bonchev–Trinajstić information content (AvgIpc) is 3.03. The standard InChI is InChI=1S/C15H29NO2/c1-3-5-8-13(4-2)15-17-12-14(18-15)11-16-9-6-7-10-16/h13-15H,3-12H2,1-2H3/t13-,14-,15+/m0/s1. The Morgan fingerprint density at radius 3 is 2.67 bits per heavy atom. The second kappa shape index (κ2) is 7.46. The predicted octanol–water partition coefficient (Wildman–Crippen LogP) is 3.04. The summed E-state index contributed by atoms with van der Waals surface area (Å²) in [6.45, 7) is 8.86. The van der Waals surface area contributed by atoms with Crippen molar-refractivity contribution in [1.82, 2.24) is 4.90 Å². The van der Waals surface area contributed by atoms with E-state index < -0.39 is 0 Å². The zero-order valence-corrected chi connectivity index (χ0v) is 12.1. The lowest BCUT2D eigenvalue weighted by Gasteiger charge is -2.22. The molecule has 0 aromatic rings. The zero-order chi connectivity index (χ0) is 12.8. The molecule has 3 atom stereocenters. The van der Waals surface area contributed by atoms with Gasteiger partial charge in [0.25, 0.3) is 0 Å². The van der Waals surface area contributed by atoms with Gasteiger partial charge in [0.05, 0.1) is 12.7 Å². The molecule has 0 unspecified atom stereocenters. The number of hydrogen-bond acceptors (Lipinski definition) is 3. The summed E-state index contributed by atoms with van der Waals surface area (Å²) in [4.78, 5) is 2.52. The molecule has 2 rings (SSSR count). The molecule has 2 heterocycles. The Kier molecular flexibility index (Phi) is 5.93. The van der Waals surface area contributed by atoms with Gasteiger partial charge >= 0.3 is 0 Å². The van der Waals surface area contributed by atoms with Crippen molar-refractivity contribution in [2.45, 2.75) is 64.8 Å². The Hall–Kier alpha value is -0.120. The van der Waals surface area contributed by atoms with Crippen LogP contribution in [0.2, 0.25) is 0 Å². The molecule has 0 radical (unpaired) electrons. The molecule has 0 bridgehead atoms. The second-order valence-corrected chi connectivity index (χ2v) is 5.78. The number of rotatable bonds is 7. The predicted molar refractivity (Wildman–Crippen MR) is 73.6 cm³/mol. The van der Waals surface area contributed by atoms with Gasteiger partial charge in [0, 0.05) is 12.5 Å². The first-order chi connectivity index (χ1) is 8.83. The van der Waals surface area contributed by atoms with E-state index in [2.05, 4.69) is 18.7 Å². The number of ether oxygens (including phenoxy) is 2. The number of likely N-dealkylation sites (tertiary alicyclic amines) is 1. The number of unbranched alkanes of at least 4 members (excludes halogenated alkanes) is 1. The molecule has 0 amide bonds. The second-order valence-electron chi connectivity index (χ2n) is 5.78. The quantitative estimate of drug-likeness (QED) is 0.698. The molecule has 2 aliphatic rings. The largest absolute Gasteiger partial charge is 0.350 e. The lowest BCUT2D eigenvalue weighted by atomic mass is 9.99. The molecular formula is C15H29NO2. The Morgan fingerprint density at radius 2 is 2.00 bits per heavy atom. The lowest BCUT2D eigenvalue weighted by Crippen LogP contribution is -2.32. The molecule has 0 aromatic carbocycles. The highest BCUT2D eigenvalue weighted by Gasteiger charge is 2.32. The van der Waals surface area contributed by atoms with Gasteiger partial charge in [-0.25, -0.2) is 0 Å². The first-order valence-corrected chi connectivity index (χ1v) is 7.83. The summed E-state index contributed by atoms with van der Waals surface area (Å²) in [6, 6.07) is 0. The van der Waals surface area contributed by atoms with Gasteiger partial charge in [-0.1, -0.05) is 26.7 Å². The van der Waals surface area contributed by atoms with Crippen molar-refractivity contribution in [2.75, 3.05) is 26.2 Å². The summed E-state index contributed by atoms with van der Waals surface area (Å²) >= 11 is 0. The fourth-order valence-electron chi connectivity index (χ4n) is 3.07. The van der Waals surface area contributed by atoms with Crippen molar-refractivity contribution in [3.63, 3.8) is 0 Å². The fourth-order valence-corrected chi connectivity index (χ4v) is 3.07. The van der Waals surface area contributed by atoms with Crippen molar-refractivity contribution >= 4 is 0 Å². The topological polar surface area (TPSA) is 21.7 Å². The van der Waals surface area contributed by atoms with Crippen LogP contribution in [0.1, 0.15) is 52.4 Å². The summed E-state index contributed by atoms with van der Waals surface area (Å²) in [6.07, 6.45) is 8.04. The third-order valence-electron chi connectivity index (χ3n) is 4.27.